The molecule has 2 heterocycles. The number of aromatic nitrogens is 3. The Hall–Kier alpha value is -1.68. The predicted molar refractivity (Wildman–Crippen MR) is 52.4 cm³/mol. The van der Waals surface area contributed by atoms with Gasteiger partial charge in [-0.05, 0) is 17.7 Å². The molecule has 4 heteroatoms. The van der Waals surface area contributed by atoms with E-state index < -0.39 is 0 Å². The maximum Gasteiger partial charge on any atom is 0.0957 e. The summed E-state index contributed by atoms with van der Waals surface area (Å²) in [6, 6.07) is 3.80. The summed E-state index contributed by atoms with van der Waals surface area (Å²) in [5.74, 6) is 0. The predicted octanol–water partition coefficient (Wildman–Crippen LogP) is 0.974. The maximum absolute atomic E-state index is 9.10. The minimum Gasteiger partial charge on any atom is -0.390 e. The highest BCUT2D eigenvalue weighted by atomic mass is 16.3. The molecule has 0 fully saturated rings. The van der Waals surface area contributed by atoms with Crippen molar-refractivity contribution < 1.29 is 5.11 Å². The Kier molecular flexibility index (Phi) is 2.28. The first-order valence-electron chi connectivity index (χ1n) is 4.35. The summed E-state index contributed by atoms with van der Waals surface area (Å²) in [6.07, 6.45) is 5.34. The fourth-order valence-corrected chi connectivity index (χ4v) is 1.42. The third-order valence-corrected chi connectivity index (χ3v) is 2.05. The molecule has 0 atom stereocenters. The van der Waals surface area contributed by atoms with Crippen LogP contribution >= 0.6 is 0 Å². The molecule has 0 radical (unpaired) electrons. The molecular weight excluding hydrogens is 178 g/mol. The van der Waals surface area contributed by atoms with Gasteiger partial charge >= 0.3 is 0 Å². The Bertz CT molecular complexity index is 422. The zero-order valence-electron chi connectivity index (χ0n) is 7.88. The lowest BCUT2D eigenvalue weighted by Gasteiger charge is -1.97. The van der Waals surface area contributed by atoms with Gasteiger partial charge in [0, 0.05) is 31.2 Å². The molecule has 72 valence electrons. The van der Waals surface area contributed by atoms with Crippen LogP contribution in [-0.4, -0.2) is 19.9 Å². The summed E-state index contributed by atoms with van der Waals surface area (Å²) in [5, 5.41) is 13.3. The first kappa shape index (κ1) is 8.90. The molecule has 0 aromatic carbocycles. The average molecular weight is 189 g/mol. The van der Waals surface area contributed by atoms with E-state index in [9.17, 15) is 0 Å². The molecular formula is C10H11N3O. The van der Waals surface area contributed by atoms with Crippen LogP contribution in [-0.2, 0) is 13.7 Å². The summed E-state index contributed by atoms with van der Waals surface area (Å²) in [7, 11) is 1.84. The Morgan fingerprint density at radius 1 is 1.36 bits per heavy atom. The van der Waals surface area contributed by atoms with Gasteiger partial charge in [-0.2, -0.15) is 5.10 Å². The first-order valence-corrected chi connectivity index (χ1v) is 4.35. The van der Waals surface area contributed by atoms with E-state index in [2.05, 4.69) is 10.1 Å². The summed E-state index contributed by atoms with van der Waals surface area (Å²) in [6.45, 7) is -0.0432. The van der Waals surface area contributed by atoms with E-state index in [1.807, 2.05) is 25.4 Å². The fourth-order valence-electron chi connectivity index (χ4n) is 1.42. The van der Waals surface area contributed by atoms with Gasteiger partial charge in [0.05, 0.1) is 12.3 Å². The lowest BCUT2D eigenvalue weighted by atomic mass is 10.1. The van der Waals surface area contributed by atoms with Crippen LogP contribution < -0.4 is 0 Å². The SMILES string of the molecule is Cn1cc(-c2ccncc2)c(CO)n1. The lowest BCUT2D eigenvalue weighted by molar-refractivity contribution is 0.276. The average Bonchev–Trinajstić information content (AvgIpc) is 2.61. The molecule has 0 bridgehead atoms. The van der Waals surface area contributed by atoms with Gasteiger partial charge in [-0.25, -0.2) is 0 Å². The van der Waals surface area contributed by atoms with Crippen molar-refractivity contribution in [1.29, 1.82) is 0 Å². The van der Waals surface area contributed by atoms with Crippen LogP contribution in [0.2, 0.25) is 0 Å². The van der Waals surface area contributed by atoms with E-state index >= 15 is 0 Å². The van der Waals surface area contributed by atoms with Crippen LogP contribution in [0.15, 0.2) is 30.7 Å². The van der Waals surface area contributed by atoms with Gasteiger partial charge < -0.3 is 5.11 Å². The molecule has 14 heavy (non-hydrogen) atoms. The Balaban J connectivity index is 2.51. The molecule has 0 saturated heterocycles. The van der Waals surface area contributed by atoms with Crippen molar-refractivity contribution in [3.8, 4) is 11.1 Å². The molecule has 0 aliphatic heterocycles. The van der Waals surface area contributed by atoms with E-state index in [-0.39, 0.29) is 6.61 Å². The van der Waals surface area contributed by atoms with Gasteiger partial charge in [0.25, 0.3) is 0 Å². The van der Waals surface area contributed by atoms with E-state index in [0.29, 0.717) is 5.69 Å². The van der Waals surface area contributed by atoms with Crippen LogP contribution in [0.1, 0.15) is 5.69 Å². The largest absolute Gasteiger partial charge is 0.390 e. The summed E-state index contributed by atoms with van der Waals surface area (Å²) in [5.41, 5.74) is 2.67. The van der Waals surface area contributed by atoms with Crippen molar-refractivity contribution >= 4 is 0 Å². The second-order valence-corrected chi connectivity index (χ2v) is 3.06. The number of rotatable bonds is 2. The van der Waals surface area contributed by atoms with Crippen LogP contribution in [0.5, 0.6) is 0 Å². The first-order chi connectivity index (χ1) is 6.81. The highest BCUT2D eigenvalue weighted by Gasteiger charge is 2.07. The number of aliphatic hydroxyl groups is 1. The monoisotopic (exact) mass is 189 g/mol. The summed E-state index contributed by atoms with van der Waals surface area (Å²) in [4.78, 5) is 3.94. The van der Waals surface area contributed by atoms with Crippen LogP contribution in [0.25, 0.3) is 11.1 Å². The fraction of sp³-hybridized carbons (Fsp3) is 0.200. The summed E-state index contributed by atoms with van der Waals surface area (Å²) >= 11 is 0. The van der Waals surface area contributed by atoms with Crippen molar-refractivity contribution in [3.05, 3.63) is 36.4 Å². The Morgan fingerprint density at radius 2 is 2.07 bits per heavy atom. The Morgan fingerprint density at radius 3 is 2.71 bits per heavy atom. The molecule has 0 amide bonds. The number of hydrogen-bond donors (Lipinski definition) is 1. The van der Waals surface area contributed by atoms with E-state index in [1.165, 1.54) is 0 Å². The van der Waals surface area contributed by atoms with Crippen molar-refractivity contribution in [2.24, 2.45) is 7.05 Å². The third kappa shape index (κ3) is 1.52. The normalized spacial score (nSPS) is 10.4. The topological polar surface area (TPSA) is 50.9 Å². The van der Waals surface area contributed by atoms with Gasteiger partial charge in [-0.15, -0.1) is 0 Å². The van der Waals surface area contributed by atoms with Crippen LogP contribution in [0, 0.1) is 0 Å². The third-order valence-electron chi connectivity index (χ3n) is 2.05. The molecule has 2 aromatic rings. The van der Waals surface area contributed by atoms with Gasteiger partial charge in [-0.3, -0.25) is 9.67 Å². The van der Waals surface area contributed by atoms with Gasteiger partial charge in [0.1, 0.15) is 0 Å². The van der Waals surface area contributed by atoms with Crippen molar-refractivity contribution in [3.63, 3.8) is 0 Å². The van der Waals surface area contributed by atoms with Gasteiger partial charge in [-0.1, -0.05) is 0 Å². The minimum absolute atomic E-state index is 0.0432. The van der Waals surface area contributed by atoms with E-state index in [0.717, 1.165) is 11.1 Å². The molecule has 0 spiro atoms. The molecule has 2 rings (SSSR count). The van der Waals surface area contributed by atoms with Crippen LogP contribution in [0.4, 0.5) is 0 Å². The molecule has 0 unspecified atom stereocenters. The van der Waals surface area contributed by atoms with Crippen LogP contribution in [0.3, 0.4) is 0 Å². The number of hydrogen-bond acceptors (Lipinski definition) is 3. The molecule has 4 nitrogen and oxygen atoms in total. The molecule has 0 saturated carbocycles. The second-order valence-electron chi connectivity index (χ2n) is 3.06. The highest BCUT2D eigenvalue weighted by Crippen LogP contribution is 2.21. The zero-order chi connectivity index (χ0) is 9.97. The quantitative estimate of drug-likeness (QED) is 0.766. The lowest BCUT2D eigenvalue weighted by Crippen LogP contribution is -1.90. The maximum atomic E-state index is 9.10. The van der Waals surface area contributed by atoms with Crippen molar-refractivity contribution in [2.45, 2.75) is 6.61 Å². The Labute approximate surface area is 81.8 Å². The molecule has 0 aliphatic rings. The smallest absolute Gasteiger partial charge is 0.0957 e. The highest BCUT2D eigenvalue weighted by molar-refractivity contribution is 5.64. The minimum atomic E-state index is -0.0432. The number of aryl methyl sites for hydroxylation is 1. The molecule has 1 N–H and O–H groups in total. The molecule has 2 aromatic heterocycles. The number of nitrogens with zero attached hydrogens (tertiary/aromatic N) is 3. The van der Waals surface area contributed by atoms with Crippen molar-refractivity contribution in [2.75, 3.05) is 0 Å². The van der Waals surface area contributed by atoms with Crippen molar-refractivity contribution in [1.82, 2.24) is 14.8 Å². The number of pyridine rings is 1. The number of aliphatic hydroxyl groups excluding tert-OH is 1. The van der Waals surface area contributed by atoms with E-state index in [4.69, 9.17) is 5.11 Å². The second kappa shape index (κ2) is 3.59. The molecule has 0 aliphatic carbocycles. The summed E-state index contributed by atoms with van der Waals surface area (Å²) < 4.78 is 1.70. The standard InChI is InChI=1S/C10H11N3O/c1-13-6-9(10(7-14)12-13)8-2-4-11-5-3-8/h2-6,14H,7H2,1H3. The van der Waals surface area contributed by atoms with Gasteiger partial charge in [0.15, 0.2) is 0 Å². The van der Waals surface area contributed by atoms with Gasteiger partial charge in [0.2, 0.25) is 0 Å². The van der Waals surface area contributed by atoms with E-state index in [1.54, 1.807) is 17.1 Å². The zero-order valence-corrected chi connectivity index (χ0v) is 7.88.